The summed E-state index contributed by atoms with van der Waals surface area (Å²) in [7, 11) is -3.40. The van der Waals surface area contributed by atoms with Crippen LogP contribution in [0.3, 0.4) is 0 Å². The molecule has 6 heteroatoms. The summed E-state index contributed by atoms with van der Waals surface area (Å²) in [6.07, 6.45) is 0. The van der Waals surface area contributed by atoms with E-state index in [1.165, 1.54) is 0 Å². The lowest BCUT2D eigenvalue weighted by Crippen LogP contribution is -2.04. The van der Waals surface area contributed by atoms with Crippen LogP contribution in [-0.2, 0) is 15.6 Å². The second kappa shape index (κ2) is 5.00. The van der Waals surface area contributed by atoms with E-state index in [9.17, 15) is 8.42 Å². The fourth-order valence-electron chi connectivity index (χ4n) is 2.03. The summed E-state index contributed by atoms with van der Waals surface area (Å²) in [4.78, 5) is 0.286. The zero-order chi connectivity index (χ0) is 14.2. The molecule has 0 amide bonds. The van der Waals surface area contributed by atoms with Gasteiger partial charge in [0.2, 0.25) is 6.79 Å². The Labute approximate surface area is 121 Å². The first kappa shape index (κ1) is 13.3. The Morgan fingerprint density at radius 2 is 1.85 bits per heavy atom. The van der Waals surface area contributed by atoms with Gasteiger partial charge in [-0.05, 0) is 29.8 Å². The van der Waals surface area contributed by atoms with Crippen molar-refractivity contribution in [2.45, 2.75) is 10.6 Å². The normalized spacial score (nSPS) is 13.4. The number of ether oxygens (including phenoxy) is 2. The minimum absolute atomic E-state index is 0.101. The third-order valence-corrected chi connectivity index (χ3v) is 4.93. The quantitative estimate of drug-likeness (QED) is 0.874. The first-order valence-corrected chi connectivity index (χ1v) is 7.95. The van der Waals surface area contributed by atoms with Crippen LogP contribution in [0.2, 0.25) is 5.02 Å². The van der Waals surface area contributed by atoms with Crippen molar-refractivity contribution in [3.8, 4) is 11.5 Å². The van der Waals surface area contributed by atoms with E-state index in [4.69, 9.17) is 21.1 Å². The molecule has 0 spiro atoms. The molecule has 4 nitrogen and oxygen atoms in total. The van der Waals surface area contributed by atoms with E-state index < -0.39 is 9.84 Å². The van der Waals surface area contributed by atoms with Gasteiger partial charge in [-0.3, -0.25) is 0 Å². The molecule has 1 aliphatic rings. The van der Waals surface area contributed by atoms with Crippen LogP contribution in [0.1, 0.15) is 5.56 Å². The van der Waals surface area contributed by atoms with Gasteiger partial charge in [-0.2, -0.15) is 0 Å². The summed E-state index contributed by atoms with van der Waals surface area (Å²) in [5.41, 5.74) is 0.572. The summed E-state index contributed by atoms with van der Waals surface area (Å²) in [5, 5.41) is 0.360. The molecular formula is C14H11ClO4S. The van der Waals surface area contributed by atoms with Crippen LogP contribution in [0.25, 0.3) is 0 Å². The summed E-state index contributed by atoms with van der Waals surface area (Å²) in [6, 6.07) is 11.5. The second-order valence-corrected chi connectivity index (χ2v) is 6.78. The molecule has 0 atom stereocenters. The van der Waals surface area contributed by atoms with Crippen LogP contribution in [0, 0.1) is 0 Å². The maximum Gasteiger partial charge on any atom is 0.231 e. The van der Waals surface area contributed by atoms with Gasteiger partial charge in [-0.15, -0.1) is 0 Å². The molecule has 0 radical (unpaired) electrons. The third-order valence-electron chi connectivity index (χ3n) is 2.95. The van der Waals surface area contributed by atoms with Gasteiger partial charge < -0.3 is 9.47 Å². The lowest BCUT2D eigenvalue weighted by Gasteiger charge is -2.07. The molecule has 20 heavy (non-hydrogen) atoms. The van der Waals surface area contributed by atoms with Crippen molar-refractivity contribution < 1.29 is 17.9 Å². The molecule has 2 aromatic rings. The van der Waals surface area contributed by atoms with Crippen LogP contribution in [0.15, 0.2) is 47.4 Å². The summed E-state index contributed by atoms with van der Waals surface area (Å²) in [6.45, 7) is 0.101. The molecule has 3 rings (SSSR count). The number of sulfone groups is 1. The molecule has 0 saturated heterocycles. The van der Waals surface area contributed by atoms with Crippen LogP contribution in [0.4, 0.5) is 0 Å². The van der Waals surface area contributed by atoms with Gasteiger partial charge in [0, 0.05) is 0 Å². The molecular weight excluding hydrogens is 300 g/mol. The molecule has 2 aromatic carbocycles. The maximum atomic E-state index is 12.3. The summed E-state index contributed by atoms with van der Waals surface area (Å²) < 4.78 is 35.0. The maximum absolute atomic E-state index is 12.3. The summed E-state index contributed by atoms with van der Waals surface area (Å²) in [5.74, 6) is 0.816. The monoisotopic (exact) mass is 310 g/mol. The lowest BCUT2D eigenvalue weighted by molar-refractivity contribution is 0.174. The Kier molecular flexibility index (Phi) is 3.31. The van der Waals surface area contributed by atoms with E-state index in [0.29, 0.717) is 22.1 Å². The molecule has 104 valence electrons. The van der Waals surface area contributed by atoms with Crippen molar-refractivity contribution in [3.63, 3.8) is 0 Å². The number of hydrogen-bond acceptors (Lipinski definition) is 4. The molecule has 0 saturated carbocycles. The van der Waals surface area contributed by atoms with Crippen molar-refractivity contribution in [2.75, 3.05) is 6.79 Å². The first-order chi connectivity index (χ1) is 9.56. The van der Waals surface area contributed by atoms with Gasteiger partial charge in [0.15, 0.2) is 21.3 Å². The molecule has 1 heterocycles. The highest BCUT2D eigenvalue weighted by Crippen LogP contribution is 2.40. The number of rotatable bonds is 3. The fourth-order valence-corrected chi connectivity index (χ4v) is 3.67. The second-order valence-electron chi connectivity index (χ2n) is 4.38. The smallest absolute Gasteiger partial charge is 0.231 e. The number of fused-ring (bicyclic) bond motifs is 1. The molecule has 0 aliphatic carbocycles. The van der Waals surface area contributed by atoms with Gasteiger partial charge in [-0.1, -0.05) is 29.8 Å². The molecule has 0 N–H and O–H groups in total. The van der Waals surface area contributed by atoms with E-state index in [-0.39, 0.29) is 17.4 Å². The highest BCUT2D eigenvalue weighted by atomic mass is 35.5. The van der Waals surface area contributed by atoms with Gasteiger partial charge >= 0.3 is 0 Å². The SMILES string of the molecule is O=S(=O)(Cc1cc(Cl)c2c(c1)OCO2)c1ccccc1. The van der Waals surface area contributed by atoms with E-state index in [1.807, 2.05) is 0 Å². The number of hydrogen-bond donors (Lipinski definition) is 0. The minimum atomic E-state index is -3.40. The van der Waals surface area contributed by atoms with Crippen LogP contribution >= 0.6 is 11.6 Å². The van der Waals surface area contributed by atoms with Gasteiger partial charge in [0.05, 0.1) is 15.7 Å². The Morgan fingerprint density at radius 1 is 1.10 bits per heavy atom. The zero-order valence-corrected chi connectivity index (χ0v) is 11.9. The highest BCUT2D eigenvalue weighted by Gasteiger charge is 2.21. The Bertz CT molecular complexity index is 741. The van der Waals surface area contributed by atoms with E-state index in [0.717, 1.165) is 0 Å². The Hall–Kier alpha value is -1.72. The zero-order valence-electron chi connectivity index (χ0n) is 10.4. The van der Waals surface area contributed by atoms with Crippen LogP contribution in [-0.4, -0.2) is 15.2 Å². The van der Waals surface area contributed by atoms with E-state index in [1.54, 1.807) is 42.5 Å². The highest BCUT2D eigenvalue weighted by molar-refractivity contribution is 7.90. The molecule has 0 fully saturated rings. The van der Waals surface area contributed by atoms with E-state index >= 15 is 0 Å². The average Bonchev–Trinajstić information content (AvgIpc) is 2.88. The molecule has 0 unspecified atom stereocenters. The predicted molar refractivity (Wildman–Crippen MR) is 74.9 cm³/mol. The van der Waals surface area contributed by atoms with Crippen LogP contribution in [0.5, 0.6) is 11.5 Å². The van der Waals surface area contributed by atoms with Gasteiger partial charge in [0.25, 0.3) is 0 Å². The molecule has 0 aromatic heterocycles. The standard InChI is InChI=1S/C14H11ClO4S/c15-12-6-10(7-13-14(12)19-9-18-13)8-20(16,17)11-4-2-1-3-5-11/h1-7H,8-9H2. The largest absolute Gasteiger partial charge is 0.454 e. The minimum Gasteiger partial charge on any atom is -0.454 e. The third kappa shape index (κ3) is 2.46. The molecule has 1 aliphatic heterocycles. The first-order valence-electron chi connectivity index (χ1n) is 5.92. The topological polar surface area (TPSA) is 52.6 Å². The Morgan fingerprint density at radius 3 is 2.60 bits per heavy atom. The number of benzene rings is 2. The summed E-state index contributed by atoms with van der Waals surface area (Å²) >= 11 is 6.05. The Balaban J connectivity index is 1.94. The number of halogens is 1. The fraction of sp³-hybridized carbons (Fsp3) is 0.143. The van der Waals surface area contributed by atoms with Crippen LogP contribution < -0.4 is 9.47 Å². The van der Waals surface area contributed by atoms with Gasteiger partial charge in [0.1, 0.15) is 0 Å². The predicted octanol–water partition coefficient (Wildman–Crippen LogP) is 3.04. The lowest BCUT2D eigenvalue weighted by atomic mass is 10.2. The van der Waals surface area contributed by atoms with Crippen molar-refractivity contribution in [3.05, 3.63) is 53.1 Å². The van der Waals surface area contributed by atoms with E-state index in [2.05, 4.69) is 0 Å². The van der Waals surface area contributed by atoms with Crippen molar-refractivity contribution >= 4 is 21.4 Å². The van der Waals surface area contributed by atoms with Crippen molar-refractivity contribution in [1.29, 1.82) is 0 Å². The van der Waals surface area contributed by atoms with Crippen molar-refractivity contribution in [1.82, 2.24) is 0 Å². The van der Waals surface area contributed by atoms with Crippen molar-refractivity contribution in [2.24, 2.45) is 0 Å². The molecule has 0 bridgehead atoms. The average molecular weight is 311 g/mol. The van der Waals surface area contributed by atoms with Gasteiger partial charge in [-0.25, -0.2) is 8.42 Å².